The molecule has 1 fully saturated rings. The molecule has 4 amide bonds. The number of ether oxygens (including phenoxy) is 1. The number of esters is 1. The molecule has 2 atom stereocenters. The molecule has 0 saturated heterocycles. The van der Waals surface area contributed by atoms with E-state index in [9.17, 15) is 19.2 Å². The molecular weight excluding hydrogens is 398 g/mol. The topological polar surface area (TPSA) is 114 Å². The Morgan fingerprint density at radius 3 is 2.29 bits per heavy atom. The maximum Gasteiger partial charge on any atom is 0.325 e. The van der Waals surface area contributed by atoms with Gasteiger partial charge in [-0.1, -0.05) is 52.7 Å². The van der Waals surface area contributed by atoms with Gasteiger partial charge in [-0.2, -0.15) is 0 Å². The third kappa shape index (κ3) is 8.03. The van der Waals surface area contributed by atoms with Gasteiger partial charge in [-0.3, -0.25) is 19.7 Å². The first kappa shape index (κ1) is 24.4. The van der Waals surface area contributed by atoms with Crippen molar-refractivity contribution in [1.82, 2.24) is 16.0 Å². The first-order valence-electron chi connectivity index (χ1n) is 10.7. The van der Waals surface area contributed by atoms with Crippen LogP contribution in [0.4, 0.5) is 4.79 Å². The first-order valence-corrected chi connectivity index (χ1v) is 10.7. The minimum absolute atomic E-state index is 0.0229. The van der Waals surface area contributed by atoms with Crippen molar-refractivity contribution in [3.63, 3.8) is 0 Å². The maximum absolute atomic E-state index is 12.2. The standard InChI is InChI=1S/C23H33N3O5/c1-15-7-5-6-8-18(15)25-22(30)26-19(27)14-31-20(28)13-24-21(29)16-9-11-17(12-10-16)23(2,3)4/h9-12,15,18H,5-8,13-14H2,1-4H3,(H,24,29)(H2,25,26,27,30)/t15-,18+/m1/s1. The van der Waals surface area contributed by atoms with Crippen molar-refractivity contribution in [3.8, 4) is 0 Å². The van der Waals surface area contributed by atoms with Gasteiger partial charge in [0.15, 0.2) is 6.61 Å². The second kappa shape index (κ2) is 10.9. The zero-order chi connectivity index (χ0) is 23.0. The lowest BCUT2D eigenvalue weighted by Gasteiger charge is -2.29. The van der Waals surface area contributed by atoms with Crippen molar-refractivity contribution in [2.45, 2.75) is 64.8 Å². The van der Waals surface area contributed by atoms with Crippen LogP contribution >= 0.6 is 0 Å². The fraction of sp³-hybridized carbons (Fsp3) is 0.565. The highest BCUT2D eigenvalue weighted by Gasteiger charge is 2.23. The van der Waals surface area contributed by atoms with Gasteiger partial charge in [0, 0.05) is 11.6 Å². The van der Waals surface area contributed by atoms with Gasteiger partial charge in [0.2, 0.25) is 0 Å². The number of hydrogen-bond donors (Lipinski definition) is 3. The average molecular weight is 432 g/mol. The fourth-order valence-corrected chi connectivity index (χ4v) is 3.47. The van der Waals surface area contributed by atoms with Crippen LogP contribution in [0.3, 0.4) is 0 Å². The summed E-state index contributed by atoms with van der Waals surface area (Å²) in [6.45, 7) is 7.33. The van der Waals surface area contributed by atoms with Gasteiger partial charge < -0.3 is 15.4 Å². The molecule has 3 N–H and O–H groups in total. The zero-order valence-corrected chi connectivity index (χ0v) is 18.7. The lowest BCUT2D eigenvalue weighted by Crippen LogP contribution is -2.48. The molecule has 31 heavy (non-hydrogen) atoms. The summed E-state index contributed by atoms with van der Waals surface area (Å²) in [4.78, 5) is 47.7. The van der Waals surface area contributed by atoms with E-state index in [0.29, 0.717) is 11.5 Å². The van der Waals surface area contributed by atoms with Crippen molar-refractivity contribution >= 4 is 23.8 Å². The lowest BCUT2D eigenvalue weighted by molar-refractivity contribution is -0.147. The van der Waals surface area contributed by atoms with E-state index >= 15 is 0 Å². The molecular formula is C23H33N3O5. The highest BCUT2D eigenvalue weighted by atomic mass is 16.5. The lowest BCUT2D eigenvalue weighted by atomic mass is 9.86. The van der Waals surface area contributed by atoms with Crippen LogP contribution in [0.5, 0.6) is 0 Å². The van der Waals surface area contributed by atoms with E-state index in [2.05, 4.69) is 43.6 Å². The molecule has 8 nitrogen and oxygen atoms in total. The Balaban J connectivity index is 1.68. The van der Waals surface area contributed by atoms with Crippen LogP contribution in [0.25, 0.3) is 0 Å². The smallest absolute Gasteiger partial charge is 0.325 e. The molecule has 0 unspecified atom stereocenters. The molecule has 0 heterocycles. The van der Waals surface area contributed by atoms with E-state index in [1.54, 1.807) is 12.1 Å². The third-order valence-corrected chi connectivity index (χ3v) is 5.45. The van der Waals surface area contributed by atoms with E-state index in [1.807, 2.05) is 12.1 Å². The van der Waals surface area contributed by atoms with Crippen LogP contribution in [-0.2, 0) is 19.7 Å². The molecule has 170 valence electrons. The van der Waals surface area contributed by atoms with Crippen LogP contribution in [-0.4, -0.2) is 43.0 Å². The van der Waals surface area contributed by atoms with Gasteiger partial charge in [-0.05, 0) is 41.9 Å². The van der Waals surface area contributed by atoms with Crippen LogP contribution in [0, 0.1) is 5.92 Å². The number of imide groups is 1. The number of rotatable bonds is 6. The summed E-state index contributed by atoms with van der Waals surface area (Å²) >= 11 is 0. The zero-order valence-electron chi connectivity index (χ0n) is 18.7. The molecule has 0 aromatic heterocycles. The summed E-state index contributed by atoms with van der Waals surface area (Å²) in [5.74, 6) is -1.54. The number of urea groups is 1. The highest BCUT2D eigenvalue weighted by Crippen LogP contribution is 2.23. The third-order valence-electron chi connectivity index (χ3n) is 5.45. The van der Waals surface area contributed by atoms with Crippen molar-refractivity contribution < 1.29 is 23.9 Å². The Labute approximate surface area is 183 Å². The number of carbonyl (C=O) groups is 4. The fourth-order valence-electron chi connectivity index (χ4n) is 3.47. The summed E-state index contributed by atoms with van der Waals surface area (Å²) in [6, 6.07) is 6.58. The highest BCUT2D eigenvalue weighted by molar-refractivity contribution is 5.97. The molecule has 2 rings (SSSR count). The summed E-state index contributed by atoms with van der Waals surface area (Å²) < 4.78 is 4.82. The van der Waals surface area contributed by atoms with Crippen LogP contribution in [0.15, 0.2) is 24.3 Å². The molecule has 8 heteroatoms. The van der Waals surface area contributed by atoms with Crippen LogP contribution in [0.2, 0.25) is 0 Å². The van der Waals surface area contributed by atoms with Crippen molar-refractivity contribution in [2.24, 2.45) is 5.92 Å². The van der Waals surface area contributed by atoms with Crippen LogP contribution in [0.1, 0.15) is 69.3 Å². The molecule has 1 aliphatic carbocycles. The summed E-state index contributed by atoms with van der Waals surface area (Å²) in [5.41, 5.74) is 1.49. The minimum Gasteiger partial charge on any atom is -0.454 e. The summed E-state index contributed by atoms with van der Waals surface area (Å²) in [6.07, 6.45) is 4.13. The van der Waals surface area contributed by atoms with E-state index in [4.69, 9.17) is 4.74 Å². The number of amides is 4. The van der Waals surface area contributed by atoms with E-state index in [1.165, 1.54) is 0 Å². The average Bonchev–Trinajstić information content (AvgIpc) is 2.71. The number of hydrogen-bond acceptors (Lipinski definition) is 5. The Kier molecular flexibility index (Phi) is 8.59. The molecule has 0 aliphatic heterocycles. The molecule has 0 spiro atoms. The second-order valence-corrected chi connectivity index (χ2v) is 9.06. The monoisotopic (exact) mass is 431 g/mol. The molecule has 1 saturated carbocycles. The van der Waals surface area contributed by atoms with Gasteiger partial charge in [-0.15, -0.1) is 0 Å². The molecule has 1 aliphatic rings. The van der Waals surface area contributed by atoms with Gasteiger partial charge >= 0.3 is 12.0 Å². The van der Waals surface area contributed by atoms with Gasteiger partial charge in [0.05, 0.1) is 0 Å². The first-order chi connectivity index (χ1) is 14.6. The Morgan fingerprint density at radius 1 is 1.03 bits per heavy atom. The Hall–Kier alpha value is -2.90. The van der Waals surface area contributed by atoms with Crippen molar-refractivity contribution in [3.05, 3.63) is 35.4 Å². The van der Waals surface area contributed by atoms with Crippen molar-refractivity contribution in [1.29, 1.82) is 0 Å². The number of carbonyl (C=O) groups excluding carboxylic acids is 4. The van der Waals surface area contributed by atoms with Gasteiger partial charge in [-0.25, -0.2) is 4.79 Å². The molecule has 0 bridgehead atoms. The quantitative estimate of drug-likeness (QED) is 0.599. The predicted molar refractivity (Wildman–Crippen MR) is 117 cm³/mol. The SMILES string of the molecule is C[C@@H]1CCCC[C@@H]1NC(=O)NC(=O)COC(=O)CNC(=O)c1ccc(C(C)(C)C)cc1. The molecule has 1 aromatic rings. The molecule has 0 radical (unpaired) electrons. The summed E-state index contributed by atoms with van der Waals surface area (Å²) in [5, 5.41) is 7.40. The van der Waals surface area contributed by atoms with Gasteiger partial charge in [0.25, 0.3) is 11.8 Å². The Morgan fingerprint density at radius 2 is 1.68 bits per heavy atom. The van der Waals surface area contributed by atoms with Crippen LogP contribution < -0.4 is 16.0 Å². The Bertz CT molecular complexity index is 798. The van der Waals surface area contributed by atoms with Crippen molar-refractivity contribution in [2.75, 3.05) is 13.2 Å². The minimum atomic E-state index is -0.767. The number of nitrogens with one attached hydrogen (secondary N) is 3. The second-order valence-electron chi connectivity index (χ2n) is 9.06. The predicted octanol–water partition coefficient (Wildman–Crippen LogP) is 2.66. The van der Waals surface area contributed by atoms with E-state index in [0.717, 1.165) is 31.2 Å². The largest absolute Gasteiger partial charge is 0.454 e. The summed E-state index contributed by atoms with van der Waals surface area (Å²) in [7, 11) is 0. The maximum atomic E-state index is 12.2. The van der Waals surface area contributed by atoms with E-state index < -0.39 is 30.4 Å². The number of benzene rings is 1. The van der Waals surface area contributed by atoms with E-state index in [-0.39, 0.29) is 18.0 Å². The van der Waals surface area contributed by atoms with Gasteiger partial charge in [0.1, 0.15) is 6.54 Å². The normalized spacial score (nSPS) is 18.6. The molecule has 1 aromatic carbocycles.